The number of nitrogens with zero attached hydrogens (tertiary/aromatic N) is 2. The normalized spacial score (nSPS) is 18.1. The first-order valence-corrected chi connectivity index (χ1v) is 5.05. The number of carboxylic acids is 1. The van der Waals surface area contributed by atoms with Gasteiger partial charge in [0.05, 0.1) is 12.6 Å². The maximum Gasteiger partial charge on any atom is 0.304 e. The summed E-state index contributed by atoms with van der Waals surface area (Å²) in [6.07, 6.45) is 8.43. The molecule has 15 heavy (non-hydrogen) atoms. The van der Waals surface area contributed by atoms with Crippen molar-refractivity contribution in [2.45, 2.75) is 31.1 Å². The summed E-state index contributed by atoms with van der Waals surface area (Å²) in [5.74, 6) is -0.735. The molecule has 80 valence electrons. The Hall–Kier alpha value is -1.58. The summed E-state index contributed by atoms with van der Waals surface area (Å²) in [5.41, 5.74) is 0.851. The Balaban J connectivity index is 2.25. The van der Waals surface area contributed by atoms with Crippen molar-refractivity contribution in [3.05, 3.63) is 24.5 Å². The van der Waals surface area contributed by atoms with E-state index >= 15 is 0 Å². The molecule has 0 spiro atoms. The van der Waals surface area contributed by atoms with E-state index in [-0.39, 0.29) is 11.8 Å². The summed E-state index contributed by atoms with van der Waals surface area (Å²) < 4.78 is 1.62. The van der Waals surface area contributed by atoms with E-state index in [1.165, 1.54) is 0 Å². The summed E-state index contributed by atoms with van der Waals surface area (Å²) >= 11 is 0. The van der Waals surface area contributed by atoms with Gasteiger partial charge in [0.15, 0.2) is 0 Å². The molecule has 0 atom stereocenters. The van der Waals surface area contributed by atoms with Crippen molar-refractivity contribution in [2.75, 3.05) is 0 Å². The highest BCUT2D eigenvalue weighted by Gasteiger charge is 2.41. The van der Waals surface area contributed by atoms with Gasteiger partial charge < -0.3 is 5.11 Å². The van der Waals surface area contributed by atoms with Crippen LogP contribution in [0, 0.1) is 0 Å². The molecule has 0 aromatic carbocycles. The third-order valence-electron chi connectivity index (χ3n) is 3.20. The van der Waals surface area contributed by atoms with Gasteiger partial charge in [0.1, 0.15) is 0 Å². The highest BCUT2D eigenvalue weighted by atomic mass is 16.4. The fourth-order valence-corrected chi connectivity index (χ4v) is 2.17. The zero-order valence-corrected chi connectivity index (χ0v) is 8.52. The van der Waals surface area contributed by atoms with Crippen LogP contribution >= 0.6 is 0 Å². The molecule has 1 heterocycles. The minimum Gasteiger partial charge on any atom is -0.481 e. The molecule has 1 aromatic heterocycles. The topological polar surface area (TPSA) is 55.1 Å². The fourth-order valence-electron chi connectivity index (χ4n) is 2.17. The standard InChI is InChI=1S/C11H14N2O2/c1-2-13-8-9(7-12-13)11(4-3-5-11)6-10(14)15/h2,7-8H,1,3-6H2,(H,14,15). The van der Waals surface area contributed by atoms with E-state index < -0.39 is 5.97 Å². The first-order chi connectivity index (χ1) is 7.16. The number of carbonyl (C=O) groups is 1. The van der Waals surface area contributed by atoms with E-state index in [0.717, 1.165) is 24.8 Å². The lowest BCUT2D eigenvalue weighted by Gasteiger charge is -2.40. The monoisotopic (exact) mass is 206 g/mol. The van der Waals surface area contributed by atoms with Gasteiger partial charge in [-0.15, -0.1) is 0 Å². The molecule has 1 aromatic rings. The van der Waals surface area contributed by atoms with Crippen LogP contribution in [-0.4, -0.2) is 20.9 Å². The third-order valence-corrected chi connectivity index (χ3v) is 3.20. The lowest BCUT2D eigenvalue weighted by Crippen LogP contribution is -2.36. The van der Waals surface area contributed by atoms with Crippen LogP contribution in [0.2, 0.25) is 0 Å². The van der Waals surface area contributed by atoms with Crippen LogP contribution in [0.1, 0.15) is 31.2 Å². The van der Waals surface area contributed by atoms with Gasteiger partial charge in [-0.25, -0.2) is 4.68 Å². The second kappa shape index (κ2) is 3.53. The van der Waals surface area contributed by atoms with Gasteiger partial charge >= 0.3 is 5.97 Å². The zero-order valence-electron chi connectivity index (χ0n) is 8.52. The minimum atomic E-state index is -0.735. The molecule has 0 radical (unpaired) electrons. The van der Waals surface area contributed by atoms with Crippen molar-refractivity contribution in [3.63, 3.8) is 0 Å². The van der Waals surface area contributed by atoms with Gasteiger partial charge in [-0.05, 0) is 18.4 Å². The van der Waals surface area contributed by atoms with Gasteiger partial charge in [-0.2, -0.15) is 5.10 Å². The van der Waals surface area contributed by atoms with Crippen LogP contribution in [0.3, 0.4) is 0 Å². The van der Waals surface area contributed by atoms with E-state index in [1.54, 1.807) is 17.1 Å². The number of aromatic nitrogens is 2. The average Bonchev–Trinajstić information content (AvgIpc) is 2.59. The van der Waals surface area contributed by atoms with Gasteiger partial charge in [-0.3, -0.25) is 4.79 Å². The second-order valence-corrected chi connectivity index (χ2v) is 4.10. The van der Waals surface area contributed by atoms with Crippen molar-refractivity contribution in [1.82, 2.24) is 9.78 Å². The maximum absolute atomic E-state index is 10.8. The molecule has 0 saturated heterocycles. The summed E-state index contributed by atoms with van der Waals surface area (Å²) in [4.78, 5) is 10.8. The second-order valence-electron chi connectivity index (χ2n) is 4.10. The molecule has 0 aliphatic heterocycles. The molecule has 4 nitrogen and oxygen atoms in total. The lowest BCUT2D eigenvalue weighted by atomic mass is 9.63. The molecule has 2 rings (SSSR count). The predicted molar refractivity (Wildman–Crippen MR) is 56.4 cm³/mol. The highest BCUT2D eigenvalue weighted by molar-refractivity contribution is 5.69. The Kier molecular flexibility index (Phi) is 2.34. The lowest BCUT2D eigenvalue weighted by molar-refractivity contribution is -0.139. The number of hydrogen-bond acceptors (Lipinski definition) is 2. The van der Waals surface area contributed by atoms with Gasteiger partial charge in [0.25, 0.3) is 0 Å². The summed E-state index contributed by atoms with van der Waals surface area (Å²) in [6.45, 7) is 3.62. The van der Waals surface area contributed by atoms with Gasteiger partial charge in [0, 0.05) is 17.8 Å². The van der Waals surface area contributed by atoms with E-state index in [9.17, 15) is 4.79 Å². The number of carboxylic acid groups (broad SMARTS) is 1. The Bertz CT molecular complexity index is 391. The fraction of sp³-hybridized carbons (Fsp3) is 0.455. The molecule has 1 aliphatic rings. The van der Waals surface area contributed by atoms with Crippen LogP contribution in [0.5, 0.6) is 0 Å². The van der Waals surface area contributed by atoms with Crippen molar-refractivity contribution in [3.8, 4) is 0 Å². The summed E-state index contributed by atoms with van der Waals surface area (Å²) in [6, 6.07) is 0. The molecular formula is C11H14N2O2. The molecule has 1 saturated carbocycles. The summed E-state index contributed by atoms with van der Waals surface area (Å²) in [7, 11) is 0. The largest absolute Gasteiger partial charge is 0.481 e. The number of rotatable bonds is 4. The van der Waals surface area contributed by atoms with E-state index in [2.05, 4.69) is 11.7 Å². The Morgan fingerprint density at radius 3 is 2.87 bits per heavy atom. The van der Waals surface area contributed by atoms with E-state index in [0.29, 0.717) is 0 Å². The van der Waals surface area contributed by atoms with Crippen LogP contribution in [-0.2, 0) is 10.2 Å². The van der Waals surface area contributed by atoms with Crippen LogP contribution in [0.15, 0.2) is 19.0 Å². The van der Waals surface area contributed by atoms with Crippen molar-refractivity contribution >= 4 is 12.2 Å². The van der Waals surface area contributed by atoms with Crippen molar-refractivity contribution < 1.29 is 9.90 Å². The Labute approximate surface area is 88.2 Å². The first-order valence-electron chi connectivity index (χ1n) is 5.05. The zero-order chi connectivity index (χ0) is 10.9. The molecule has 1 aliphatic carbocycles. The molecular weight excluding hydrogens is 192 g/mol. The van der Waals surface area contributed by atoms with Crippen LogP contribution in [0.4, 0.5) is 0 Å². The minimum absolute atomic E-state index is 0.174. The molecule has 0 bridgehead atoms. The highest BCUT2D eigenvalue weighted by Crippen LogP contribution is 2.46. The predicted octanol–water partition coefficient (Wildman–Crippen LogP) is 1.88. The van der Waals surface area contributed by atoms with Crippen molar-refractivity contribution in [2.24, 2.45) is 0 Å². The molecule has 1 N–H and O–H groups in total. The quantitative estimate of drug-likeness (QED) is 0.818. The van der Waals surface area contributed by atoms with Crippen LogP contribution in [0.25, 0.3) is 6.20 Å². The van der Waals surface area contributed by atoms with Gasteiger partial charge in [0.2, 0.25) is 0 Å². The smallest absolute Gasteiger partial charge is 0.304 e. The number of aliphatic carboxylic acids is 1. The SMILES string of the molecule is C=Cn1cc(C2(CC(=O)O)CCC2)cn1. The van der Waals surface area contributed by atoms with E-state index in [1.807, 2.05) is 6.20 Å². The summed E-state index contributed by atoms with van der Waals surface area (Å²) in [5, 5.41) is 13.0. The molecule has 1 fully saturated rings. The van der Waals surface area contributed by atoms with Crippen molar-refractivity contribution in [1.29, 1.82) is 0 Å². The van der Waals surface area contributed by atoms with E-state index in [4.69, 9.17) is 5.11 Å². The first kappa shape index (κ1) is 9.96. The van der Waals surface area contributed by atoms with Crippen LogP contribution < -0.4 is 0 Å². The maximum atomic E-state index is 10.8. The Morgan fingerprint density at radius 1 is 1.73 bits per heavy atom. The molecule has 0 unspecified atom stereocenters. The van der Waals surface area contributed by atoms with Gasteiger partial charge in [-0.1, -0.05) is 13.0 Å². The molecule has 4 heteroatoms. The molecule has 0 amide bonds. The third kappa shape index (κ3) is 1.67. The number of hydrogen-bond donors (Lipinski definition) is 1. The average molecular weight is 206 g/mol. The Morgan fingerprint density at radius 2 is 2.47 bits per heavy atom.